The molecular weight excluding hydrogens is 268 g/mol. The molecule has 4 rings (SSSR count). The first-order valence-electron chi connectivity index (χ1n) is 8.05. The highest BCUT2D eigenvalue weighted by atomic mass is 15.1. The van der Waals surface area contributed by atoms with Crippen LogP contribution in [0.2, 0.25) is 0 Å². The molecule has 0 bridgehead atoms. The average Bonchev–Trinajstić information content (AvgIpc) is 3.05. The molecule has 0 aliphatic heterocycles. The third-order valence-electron chi connectivity index (χ3n) is 4.75. The molecule has 1 heterocycles. The molecule has 0 spiro atoms. The summed E-state index contributed by atoms with van der Waals surface area (Å²) in [6.07, 6.45) is 4.89. The van der Waals surface area contributed by atoms with Crippen LogP contribution in [0.25, 0.3) is 10.9 Å². The molecule has 2 heteroatoms. The Hall–Kier alpha value is -2.35. The van der Waals surface area contributed by atoms with Crippen LogP contribution in [-0.4, -0.2) is 4.98 Å². The minimum Gasteiger partial charge on any atom is -0.361 e. The van der Waals surface area contributed by atoms with E-state index in [1.807, 2.05) is 6.07 Å². The Morgan fingerprint density at radius 3 is 2.32 bits per heavy atom. The van der Waals surface area contributed by atoms with E-state index in [1.54, 1.807) is 0 Å². The van der Waals surface area contributed by atoms with Gasteiger partial charge >= 0.3 is 0 Å². The molecule has 2 aromatic carbocycles. The number of pyridine rings is 1. The highest BCUT2D eigenvalue weighted by Crippen LogP contribution is 2.41. The first kappa shape index (κ1) is 13.3. The molecule has 0 atom stereocenters. The number of hydrogen-bond donors (Lipinski definition) is 1. The topological polar surface area (TPSA) is 24.9 Å². The molecule has 1 aliphatic carbocycles. The Balaban J connectivity index is 1.72. The summed E-state index contributed by atoms with van der Waals surface area (Å²) in [5.74, 6) is 0.976. The van der Waals surface area contributed by atoms with Crippen molar-refractivity contribution >= 4 is 16.7 Å². The summed E-state index contributed by atoms with van der Waals surface area (Å²) >= 11 is 0. The number of fused-ring (bicyclic) bond motifs is 1. The summed E-state index contributed by atoms with van der Waals surface area (Å²) in [7, 11) is 0. The van der Waals surface area contributed by atoms with Crippen LogP contribution in [0.3, 0.4) is 0 Å². The molecule has 1 aliphatic rings. The van der Waals surface area contributed by atoms with Crippen LogP contribution in [0, 0.1) is 0 Å². The molecule has 1 saturated carbocycles. The summed E-state index contributed by atoms with van der Waals surface area (Å²) in [5, 5.41) is 4.94. The highest BCUT2D eigenvalue weighted by Gasteiger charge is 2.35. The van der Waals surface area contributed by atoms with Crippen molar-refractivity contribution in [2.45, 2.75) is 31.2 Å². The van der Waals surface area contributed by atoms with Gasteiger partial charge in [-0.05, 0) is 36.6 Å². The van der Waals surface area contributed by atoms with Gasteiger partial charge in [0.1, 0.15) is 5.82 Å². The lowest BCUT2D eigenvalue weighted by molar-refractivity contribution is 0.507. The van der Waals surface area contributed by atoms with Gasteiger partial charge in [-0.25, -0.2) is 4.98 Å². The van der Waals surface area contributed by atoms with Crippen molar-refractivity contribution in [3.8, 4) is 0 Å². The highest BCUT2D eigenvalue weighted by molar-refractivity contribution is 5.80. The number of benzene rings is 2. The third-order valence-corrected chi connectivity index (χ3v) is 4.75. The number of nitrogens with zero attached hydrogens (tertiary/aromatic N) is 1. The van der Waals surface area contributed by atoms with Gasteiger partial charge in [0.2, 0.25) is 0 Å². The molecule has 0 saturated heterocycles. The standard InChI is InChI=1S/C20H20N2/c1-2-9-17(10-3-1)20(14-6-7-15-20)22-19-13-12-16-8-4-5-11-18(16)21-19/h1-5,8-13H,6-7,14-15H2,(H,21,22). The monoisotopic (exact) mass is 288 g/mol. The van der Waals surface area contributed by atoms with Crippen molar-refractivity contribution in [3.05, 3.63) is 72.3 Å². The molecule has 22 heavy (non-hydrogen) atoms. The summed E-state index contributed by atoms with van der Waals surface area (Å²) in [4.78, 5) is 4.80. The molecule has 1 aromatic heterocycles. The average molecular weight is 288 g/mol. The van der Waals surface area contributed by atoms with Crippen molar-refractivity contribution < 1.29 is 0 Å². The number of anilines is 1. The van der Waals surface area contributed by atoms with Gasteiger partial charge in [-0.2, -0.15) is 0 Å². The summed E-state index contributed by atoms with van der Waals surface area (Å²) in [6, 6.07) is 23.3. The molecule has 110 valence electrons. The van der Waals surface area contributed by atoms with E-state index >= 15 is 0 Å². The normalized spacial score (nSPS) is 16.7. The van der Waals surface area contributed by atoms with Crippen LogP contribution in [0.15, 0.2) is 66.7 Å². The van der Waals surface area contributed by atoms with Crippen LogP contribution >= 0.6 is 0 Å². The fraction of sp³-hybridized carbons (Fsp3) is 0.250. The van der Waals surface area contributed by atoms with Crippen molar-refractivity contribution in [2.24, 2.45) is 0 Å². The van der Waals surface area contributed by atoms with Gasteiger partial charge < -0.3 is 5.32 Å². The quantitative estimate of drug-likeness (QED) is 0.724. The second kappa shape index (κ2) is 5.45. The van der Waals surface area contributed by atoms with Crippen molar-refractivity contribution in [2.75, 3.05) is 5.32 Å². The molecule has 2 nitrogen and oxygen atoms in total. The van der Waals surface area contributed by atoms with Gasteiger partial charge in [-0.15, -0.1) is 0 Å². The zero-order chi connectivity index (χ0) is 14.8. The van der Waals surface area contributed by atoms with E-state index in [9.17, 15) is 0 Å². The minimum atomic E-state index is 0.0384. The van der Waals surface area contributed by atoms with Gasteiger partial charge in [-0.3, -0.25) is 0 Å². The van der Waals surface area contributed by atoms with E-state index in [0.29, 0.717) is 0 Å². The Labute approximate surface area is 131 Å². The Morgan fingerprint density at radius 1 is 0.773 bits per heavy atom. The van der Waals surface area contributed by atoms with Crippen LogP contribution in [0.5, 0.6) is 0 Å². The van der Waals surface area contributed by atoms with Crippen LogP contribution in [-0.2, 0) is 5.54 Å². The molecular formula is C20H20N2. The van der Waals surface area contributed by atoms with Crippen LogP contribution in [0.4, 0.5) is 5.82 Å². The lowest BCUT2D eigenvalue weighted by Gasteiger charge is -2.31. The predicted molar refractivity (Wildman–Crippen MR) is 92.0 cm³/mol. The summed E-state index contributed by atoms with van der Waals surface area (Å²) in [5.41, 5.74) is 2.47. The molecule has 1 fully saturated rings. The van der Waals surface area contributed by atoms with E-state index in [2.05, 4.69) is 66.0 Å². The number of aromatic nitrogens is 1. The van der Waals surface area contributed by atoms with E-state index in [0.717, 1.165) is 11.3 Å². The lowest BCUT2D eigenvalue weighted by Crippen LogP contribution is -2.32. The number of nitrogens with one attached hydrogen (secondary N) is 1. The van der Waals surface area contributed by atoms with Crippen molar-refractivity contribution in [3.63, 3.8) is 0 Å². The predicted octanol–water partition coefficient (Wildman–Crippen LogP) is 5.12. The zero-order valence-corrected chi connectivity index (χ0v) is 12.6. The fourth-order valence-electron chi connectivity index (χ4n) is 3.60. The molecule has 3 aromatic rings. The Morgan fingerprint density at radius 2 is 1.50 bits per heavy atom. The van der Waals surface area contributed by atoms with Gasteiger partial charge in [0.15, 0.2) is 0 Å². The van der Waals surface area contributed by atoms with E-state index in [1.165, 1.54) is 36.6 Å². The summed E-state index contributed by atoms with van der Waals surface area (Å²) < 4.78 is 0. The van der Waals surface area contributed by atoms with E-state index < -0.39 is 0 Å². The fourth-order valence-corrected chi connectivity index (χ4v) is 3.60. The van der Waals surface area contributed by atoms with Crippen molar-refractivity contribution in [1.29, 1.82) is 0 Å². The lowest BCUT2D eigenvalue weighted by atomic mass is 9.88. The maximum Gasteiger partial charge on any atom is 0.127 e. The first-order chi connectivity index (χ1) is 10.9. The Kier molecular flexibility index (Phi) is 3.30. The number of para-hydroxylation sites is 1. The molecule has 0 unspecified atom stereocenters. The van der Waals surface area contributed by atoms with Crippen molar-refractivity contribution in [1.82, 2.24) is 4.98 Å². The molecule has 0 amide bonds. The number of rotatable bonds is 3. The van der Waals surface area contributed by atoms with E-state index in [-0.39, 0.29) is 5.54 Å². The van der Waals surface area contributed by atoms with Gasteiger partial charge in [-0.1, -0.05) is 61.4 Å². The minimum absolute atomic E-state index is 0.0384. The van der Waals surface area contributed by atoms with Crippen LogP contribution in [0.1, 0.15) is 31.2 Å². The maximum absolute atomic E-state index is 4.80. The molecule has 1 N–H and O–H groups in total. The molecule has 0 radical (unpaired) electrons. The zero-order valence-electron chi connectivity index (χ0n) is 12.6. The maximum atomic E-state index is 4.80. The Bertz CT molecular complexity index is 774. The van der Waals surface area contributed by atoms with E-state index in [4.69, 9.17) is 4.98 Å². The SMILES string of the molecule is c1ccc(C2(Nc3ccc4ccccc4n3)CCCC2)cc1. The third kappa shape index (κ3) is 2.35. The largest absolute Gasteiger partial charge is 0.361 e. The number of hydrogen-bond acceptors (Lipinski definition) is 2. The van der Waals surface area contributed by atoms with Gasteiger partial charge in [0.05, 0.1) is 11.1 Å². The van der Waals surface area contributed by atoms with Crippen LogP contribution < -0.4 is 5.32 Å². The second-order valence-corrected chi connectivity index (χ2v) is 6.17. The van der Waals surface area contributed by atoms with Gasteiger partial charge in [0, 0.05) is 5.39 Å². The van der Waals surface area contributed by atoms with Gasteiger partial charge in [0.25, 0.3) is 0 Å². The first-order valence-corrected chi connectivity index (χ1v) is 8.05. The summed E-state index contributed by atoms with van der Waals surface area (Å²) in [6.45, 7) is 0. The smallest absolute Gasteiger partial charge is 0.127 e. The second-order valence-electron chi connectivity index (χ2n) is 6.17.